The molecule has 0 unspecified atom stereocenters. The van der Waals surface area contributed by atoms with Crippen molar-refractivity contribution >= 4 is 46.2 Å². The van der Waals surface area contributed by atoms with Gasteiger partial charge in [0, 0.05) is 45.5 Å². The van der Waals surface area contributed by atoms with Crippen LogP contribution in [0.15, 0.2) is 23.3 Å². The Balaban J connectivity index is 1.96. The first-order chi connectivity index (χ1) is 13.7. The molecule has 1 heterocycles. The number of carbonyl (C=O) groups excluding carboxylic acids is 1. The van der Waals surface area contributed by atoms with E-state index in [1.54, 1.807) is 18.9 Å². The van der Waals surface area contributed by atoms with Crippen molar-refractivity contribution < 1.29 is 18.0 Å². The zero-order valence-corrected chi connectivity index (χ0v) is 17.8. The Morgan fingerprint density at radius 2 is 1.93 bits per heavy atom. The molecule has 1 aliphatic rings. The van der Waals surface area contributed by atoms with Gasteiger partial charge in [0.1, 0.15) is 6.54 Å². The number of likely N-dealkylation sites (N-methyl/N-ethyl adjacent to an activating group) is 1. The molecule has 162 valence electrons. The van der Waals surface area contributed by atoms with Gasteiger partial charge in [0.25, 0.3) is 0 Å². The average molecular weight is 454 g/mol. The van der Waals surface area contributed by atoms with Crippen molar-refractivity contribution in [1.82, 2.24) is 9.91 Å². The zero-order chi connectivity index (χ0) is 21.6. The third-order valence-electron chi connectivity index (χ3n) is 4.62. The molecule has 1 aromatic rings. The van der Waals surface area contributed by atoms with Crippen LogP contribution in [0.25, 0.3) is 0 Å². The molecule has 6 nitrogen and oxygen atoms in total. The third-order valence-corrected chi connectivity index (χ3v) is 5.20. The maximum atomic E-state index is 12.8. The van der Waals surface area contributed by atoms with Crippen LogP contribution in [-0.4, -0.2) is 79.9 Å². The van der Waals surface area contributed by atoms with E-state index < -0.39 is 17.8 Å². The van der Waals surface area contributed by atoms with Gasteiger partial charge >= 0.3 is 6.18 Å². The number of hydrogen-bond acceptors (Lipinski definition) is 5. The van der Waals surface area contributed by atoms with Gasteiger partial charge in [-0.05, 0) is 25.1 Å². The third kappa shape index (κ3) is 6.30. The number of nitrogens with zero attached hydrogens (tertiary/aromatic N) is 4. The van der Waals surface area contributed by atoms with Crippen LogP contribution in [-0.2, 0) is 4.79 Å². The minimum absolute atomic E-state index is 0.166. The Labute approximate surface area is 178 Å². The average Bonchev–Trinajstić information content (AvgIpc) is 2.70. The van der Waals surface area contributed by atoms with Crippen LogP contribution >= 0.6 is 23.2 Å². The molecule has 1 fully saturated rings. The first kappa shape index (κ1) is 23.4. The van der Waals surface area contributed by atoms with Gasteiger partial charge < -0.3 is 15.1 Å². The number of anilines is 2. The molecule has 0 radical (unpaired) electrons. The molecular weight excluding hydrogens is 430 g/mol. The minimum atomic E-state index is -4.62. The lowest BCUT2D eigenvalue weighted by atomic mass is 10.2. The molecule has 0 atom stereocenters. The summed E-state index contributed by atoms with van der Waals surface area (Å²) in [5, 5.41) is 8.28. The molecule has 1 aromatic carbocycles. The summed E-state index contributed by atoms with van der Waals surface area (Å²) in [7, 11) is 1.79. The highest BCUT2D eigenvalue weighted by Gasteiger charge is 2.36. The van der Waals surface area contributed by atoms with E-state index in [2.05, 4.69) is 15.3 Å². The van der Waals surface area contributed by atoms with E-state index >= 15 is 0 Å². The lowest BCUT2D eigenvalue weighted by molar-refractivity contribution is -0.132. The molecule has 2 rings (SSSR count). The van der Waals surface area contributed by atoms with Crippen LogP contribution in [0.4, 0.5) is 24.5 Å². The highest BCUT2D eigenvalue weighted by atomic mass is 35.5. The van der Waals surface area contributed by atoms with Crippen LogP contribution < -0.4 is 10.2 Å². The van der Waals surface area contributed by atoms with Crippen LogP contribution in [0, 0.1) is 0 Å². The molecule has 29 heavy (non-hydrogen) atoms. The predicted molar refractivity (Wildman–Crippen MR) is 111 cm³/mol. The number of hydrazone groups is 1. The molecule has 0 saturated carbocycles. The fourth-order valence-corrected chi connectivity index (χ4v) is 3.34. The van der Waals surface area contributed by atoms with Crippen molar-refractivity contribution in [1.29, 1.82) is 0 Å². The minimum Gasteiger partial charge on any atom is -0.387 e. The second-order valence-electron chi connectivity index (χ2n) is 6.44. The number of piperazine rings is 1. The van der Waals surface area contributed by atoms with E-state index in [0.29, 0.717) is 31.2 Å². The van der Waals surface area contributed by atoms with E-state index in [1.165, 1.54) is 0 Å². The molecule has 11 heteroatoms. The molecule has 1 amide bonds. The number of carbonyl (C=O) groups is 1. The van der Waals surface area contributed by atoms with Crippen molar-refractivity contribution in [3.63, 3.8) is 0 Å². The molecule has 0 aromatic heterocycles. The highest BCUT2D eigenvalue weighted by Crippen LogP contribution is 2.28. The largest absolute Gasteiger partial charge is 0.432 e. The summed E-state index contributed by atoms with van der Waals surface area (Å²) in [4.78, 5) is 16.3. The van der Waals surface area contributed by atoms with E-state index in [1.807, 2.05) is 18.2 Å². The number of rotatable bonds is 7. The first-order valence-electron chi connectivity index (χ1n) is 9.15. The van der Waals surface area contributed by atoms with Crippen LogP contribution in [0.1, 0.15) is 6.92 Å². The fraction of sp³-hybridized carbons (Fsp3) is 0.556. The fourth-order valence-electron chi connectivity index (χ4n) is 2.92. The first-order valence-corrected chi connectivity index (χ1v) is 10.1. The molecular formula is C18H24Cl2F3N5O. The quantitative estimate of drug-likeness (QED) is 0.389. The zero-order valence-electron chi connectivity index (χ0n) is 16.3. The van der Waals surface area contributed by atoms with Crippen LogP contribution in [0.3, 0.4) is 0 Å². The summed E-state index contributed by atoms with van der Waals surface area (Å²) in [5.41, 5.74) is 0.697. The maximum absolute atomic E-state index is 12.8. The van der Waals surface area contributed by atoms with E-state index in [4.69, 9.17) is 23.2 Å². The molecule has 0 bridgehead atoms. The molecule has 1 aliphatic heterocycles. The summed E-state index contributed by atoms with van der Waals surface area (Å²) in [6, 6.07) is 5.67. The highest BCUT2D eigenvalue weighted by molar-refractivity contribution is 6.33. The van der Waals surface area contributed by atoms with E-state index in [-0.39, 0.29) is 19.0 Å². The second-order valence-corrected chi connectivity index (χ2v) is 7.12. The standard InChI is InChI=1S/C18H24Cl2F3N5O/c1-3-28(25-16(11-19)18(21,22)23)12-17(29)27-8-6-26(7-9-27)13-4-5-14(20)15(10-13)24-2/h4-5,10,24H,3,6-9,11-12H2,1-2H3/b25-16+. The van der Waals surface area contributed by atoms with Gasteiger partial charge in [0.2, 0.25) is 5.91 Å². The summed E-state index contributed by atoms with van der Waals surface area (Å²) in [5.74, 6) is -1.03. The molecule has 1 N–H and O–H groups in total. The van der Waals surface area contributed by atoms with Gasteiger partial charge in [-0.2, -0.15) is 18.3 Å². The maximum Gasteiger partial charge on any atom is 0.432 e. The van der Waals surface area contributed by atoms with Gasteiger partial charge in [0.15, 0.2) is 5.71 Å². The molecule has 1 saturated heterocycles. The summed E-state index contributed by atoms with van der Waals surface area (Å²) in [6.07, 6.45) is -4.62. The monoisotopic (exact) mass is 453 g/mol. The second kappa shape index (κ2) is 10.2. The lowest BCUT2D eigenvalue weighted by Crippen LogP contribution is -2.51. The number of halogens is 5. The summed E-state index contributed by atoms with van der Waals surface area (Å²) >= 11 is 11.5. The van der Waals surface area contributed by atoms with Crippen LogP contribution in [0.2, 0.25) is 5.02 Å². The van der Waals surface area contributed by atoms with E-state index in [0.717, 1.165) is 16.4 Å². The summed E-state index contributed by atoms with van der Waals surface area (Å²) < 4.78 is 38.5. The van der Waals surface area contributed by atoms with Crippen molar-refractivity contribution in [3.8, 4) is 0 Å². The van der Waals surface area contributed by atoms with Gasteiger partial charge in [-0.3, -0.25) is 9.80 Å². The smallest absolute Gasteiger partial charge is 0.387 e. The van der Waals surface area contributed by atoms with Crippen molar-refractivity contribution in [2.45, 2.75) is 13.1 Å². The lowest BCUT2D eigenvalue weighted by Gasteiger charge is -2.37. The normalized spacial score (nSPS) is 15.5. The van der Waals surface area contributed by atoms with Crippen molar-refractivity contribution in [3.05, 3.63) is 23.2 Å². The van der Waals surface area contributed by atoms with Crippen molar-refractivity contribution in [2.24, 2.45) is 5.10 Å². The number of nitrogens with one attached hydrogen (secondary N) is 1. The Hall–Kier alpha value is -1.87. The number of benzene rings is 1. The number of hydrogen-bond donors (Lipinski definition) is 1. The van der Waals surface area contributed by atoms with Gasteiger partial charge in [-0.1, -0.05) is 11.6 Å². The Kier molecular flexibility index (Phi) is 8.27. The molecule has 0 aliphatic carbocycles. The number of alkyl halides is 4. The van der Waals surface area contributed by atoms with Crippen LogP contribution in [0.5, 0.6) is 0 Å². The van der Waals surface area contributed by atoms with Gasteiger partial charge in [0.05, 0.1) is 16.6 Å². The number of amides is 1. The predicted octanol–water partition coefficient (Wildman–Crippen LogP) is 3.51. The topological polar surface area (TPSA) is 51.2 Å². The Morgan fingerprint density at radius 3 is 2.45 bits per heavy atom. The van der Waals surface area contributed by atoms with E-state index in [9.17, 15) is 18.0 Å². The van der Waals surface area contributed by atoms with Gasteiger partial charge in [-0.15, -0.1) is 11.6 Å². The Bertz CT molecular complexity index is 737. The SMILES string of the molecule is CCN(CC(=O)N1CCN(c2ccc(Cl)c(NC)c2)CC1)/N=C(\CCl)C(F)(F)F. The summed E-state index contributed by atoms with van der Waals surface area (Å²) in [6.45, 7) is 3.75. The Morgan fingerprint density at radius 1 is 1.28 bits per heavy atom. The van der Waals surface area contributed by atoms with Crippen molar-refractivity contribution in [2.75, 3.05) is 62.4 Å². The van der Waals surface area contributed by atoms with Gasteiger partial charge in [-0.25, -0.2) is 0 Å². The molecule has 0 spiro atoms.